The standard InChI is InChI=1S/C19H24N2/c1-15-10-11-18-16(13-15)7-6-12-21(18)14-19(2,20)17-8-4-3-5-9-17/h3-5,8-11,13H,6-7,12,14,20H2,1-2H3. The molecule has 110 valence electrons. The molecule has 0 saturated carbocycles. The molecular formula is C19H24N2. The lowest BCUT2D eigenvalue weighted by Crippen LogP contribution is -2.47. The zero-order chi connectivity index (χ0) is 14.9. The number of nitrogens with zero attached hydrogens (tertiary/aromatic N) is 1. The number of hydrogen-bond donors (Lipinski definition) is 1. The van der Waals surface area contributed by atoms with Gasteiger partial charge in [-0.05, 0) is 43.9 Å². The zero-order valence-corrected chi connectivity index (χ0v) is 13.0. The minimum absolute atomic E-state index is 0.333. The van der Waals surface area contributed by atoms with Gasteiger partial charge in [0.15, 0.2) is 0 Å². The molecule has 2 nitrogen and oxygen atoms in total. The fourth-order valence-corrected chi connectivity index (χ4v) is 3.27. The summed E-state index contributed by atoms with van der Waals surface area (Å²) in [7, 11) is 0. The fraction of sp³-hybridized carbons (Fsp3) is 0.368. The van der Waals surface area contributed by atoms with Crippen LogP contribution >= 0.6 is 0 Å². The van der Waals surface area contributed by atoms with Crippen molar-refractivity contribution in [2.24, 2.45) is 5.73 Å². The van der Waals surface area contributed by atoms with Crippen molar-refractivity contribution in [2.45, 2.75) is 32.2 Å². The maximum Gasteiger partial charge on any atom is 0.0558 e. The Hall–Kier alpha value is -1.80. The van der Waals surface area contributed by atoms with Crippen molar-refractivity contribution in [3.63, 3.8) is 0 Å². The smallest absolute Gasteiger partial charge is 0.0558 e. The van der Waals surface area contributed by atoms with Crippen LogP contribution in [0.15, 0.2) is 48.5 Å². The minimum Gasteiger partial charge on any atom is -0.369 e. The molecule has 0 amide bonds. The molecule has 0 aromatic heterocycles. The van der Waals surface area contributed by atoms with Crippen molar-refractivity contribution >= 4 is 5.69 Å². The summed E-state index contributed by atoms with van der Waals surface area (Å²) in [5.74, 6) is 0. The molecule has 0 fully saturated rings. The number of aryl methyl sites for hydroxylation is 2. The summed E-state index contributed by atoms with van der Waals surface area (Å²) in [6.45, 7) is 6.24. The quantitative estimate of drug-likeness (QED) is 0.930. The number of fused-ring (bicyclic) bond motifs is 1. The van der Waals surface area contributed by atoms with Gasteiger partial charge >= 0.3 is 0 Å². The summed E-state index contributed by atoms with van der Waals surface area (Å²) in [6.07, 6.45) is 2.39. The molecule has 3 rings (SSSR count). The predicted molar refractivity (Wildman–Crippen MR) is 89.7 cm³/mol. The zero-order valence-electron chi connectivity index (χ0n) is 13.0. The van der Waals surface area contributed by atoms with Crippen LogP contribution in [0.3, 0.4) is 0 Å². The van der Waals surface area contributed by atoms with Gasteiger partial charge in [0, 0.05) is 18.8 Å². The average Bonchev–Trinajstić information content (AvgIpc) is 2.48. The van der Waals surface area contributed by atoms with Gasteiger partial charge in [-0.25, -0.2) is 0 Å². The Morgan fingerprint density at radius 3 is 2.67 bits per heavy atom. The van der Waals surface area contributed by atoms with Crippen LogP contribution in [-0.2, 0) is 12.0 Å². The van der Waals surface area contributed by atoms with E-state index in [1.807, 2.05) is 6.07 Å². The molecule has 2 N–H and O–H groups in total. The number of rotatable bonds is 3. The molecule has 1 unspecified atom stereocenters. The molecule has 1 heterocycles. The lowest BCUT2D eigenvalue weighted by molar-refractivity contribution is 0.474. The van der Waals surface area contributed by atoms with Crippen LogP contribution in [0.2, 0.25) is 0 Å². The van der Waals surface area contributed by atoms with E-state index in [1.54, 1.807) is 0 Å². The van der Waals surface area contributed by atoms with Gasteiger partial charge in [-0.3, -0.25) is 0 Å². The highest BCUT2D eigenvalue weighted by atomic mass is 15.2. The SMILES string of the molecule is Cc1ccc2c(c1)CCCN2CC(C)(N)c1ccccc1. The molecule has 2 heteroatoms. The monoisotopic (exact) mass is 280 g/mol. The Bertz CT molecular complexity index is 617. The molecule has 1 atom stereocenters. The molecule has 0 aliphatic carbocycles. The van der Waals surface area contributed by atoms with E-state index in [4.69, 9.17) is 5.73 Å². The van der Waals surface area contributed by atoms with Crippen LogP contribution in [0.5, 0.6) is 0 Å². The number of anilines is 1. The summed E-state index contributed by atoms with van der Waals surface area (Å²) >= 11 is 0. The van der Waals surface area contributed by atoms with E-state index >= 15 is 0 Å². The van der Waals surface area contributed by atoms with Crippen molar-refractivity contribution < 1.29 is 0 Å². The van der Waals surface area contributed by atoms with Gasteiger partial charge in [0.2, 0.25) is 0 Å². The summed E-state index contributed by atoms with van der Waals surface area (Å²) in [5, 5.41) is 0. The lowest BCUT2D eigenvalue weighted by atomic mass is 9.90. The molecule has 2 aromatic carbocycles. The molecule has 0 saturated heterocycles. The maximum absolute atomic E-state index is 6.61. The van der Waals surface area contributed by atoms with Gasteiger partial charge < -0.3 is 10.6 Å². The lowest BCUT2D eigenvalue weighted by Gasteiger charge is -2.38. The third kappa shape index (κ3) is 2.96. The highest BCUT2D eigenvalue weighted by Crippen LogP contribution is 2.30. The second-order valence-electron chi connectivity index (χ2n) is 6.44. The van der Waals surface area contributed by atoms with E-state index in [9.17, 15) is 0 Å². The van der Waals surface area contributed by atoms with Gasteiger partial charge in [0.25, 0.3) is 0 Å². The maximum atomic E-state index is 6.61. The molecule has 0 bridgehead atoms. The normalized spacial score (nSPS) is 17.2. The third-order valence-corrected chi connectivity index (χ3v) is 4.40. The summed E-state index contributed by atoms with van der Waals surface area (Å²) < 4.78 is 0. The second-order valence-corrected chi connectivity index (χ2v) is 6.44. The van der Waals surface area contributed by atoms with Gasteiger partial charge in [0.05, 0.1) is 5.54 Å². The molecule has 21 heavy (non-hydrogen) atoms. The van der Waals surface area contributed by atoms with Gasteiger partial charge in [-0.2, -0.15) is 0 Å². The van der Waals surface area contributed by atoms with E-state index in [1.165, 1.54) is 35.2 Å². The van der Waals surface area contributed by atoms with Crippen LogP contribution < -0.4 is 10.6 Å². The second kappa shape index (κ2) is 5.53. The average molecular weight is 280 g/mol. The van der Waals surface area contributed by atoms with E-state index < -0.39 is 0 Å². The Morgan fingerprint density at radius 1 is 1.14 bits per heavy atom. The summed E-state index contributed by atoms with van der Waals surface area (Å²) in [5.41, 5.74) is 11.6. The topological polar surface area (TPSA) is 29.3 Å². The van der Waals surface area contributed by atoms with Crippen LogP contribution in [0.25, 0.3) is 0 Å². The molecule has 1 aliphatic rings. The first-order chi connectivity index (χ1) is 10.1. The summed E-state index contributed by atoms with van der Waals surface area (Å²) in [6, 6.07) is 17.2. The van der Waals surface area contributed by atoms with Crippen LogP contribution in [0.1, 0.15) is 30.0 Å². The molecule has 2 aromatic rings. The van der Waals surface area contributed by atoms with E-state index in [-0.39, 0.29) is 5.54 Å². The Balaban J connectivity index is 1.86. The minimum atomic E-state index is -0.333. The summed E-state index contributed by atoms with van der Waals surface area (Å²) in [4.78, 5) is 2.45. The van der Waals surface area contributed by atoms with Gasteiger partial charge in [-0.1, -0.05) is 48.0 Å². The van der Waals surface area contributed by atoms with Crippen molar-refractivity contribution in [2.75, 3.05) is 18.0 Å². The van der Waals surface area contributed by atoms with E-state index in [0.717, 1.165) is 13.1 Å². The number of hydrogen-bond acceptors (Lipinski definition) is 2. The van der Waals surface area contributed by atoms with Gasteiger partial charge in [-0.15, -0.1) is 0 Å². The van der Waals surface area contributed by atoms with Crippen molar-refractivity contribution in [1.82, 2.24) is 0 Å². The van der Waals surface area contributed by atoms with Crippen LogP contribution in [-0.4, -0.2) is 13.1 Å². The first-order valence-corrected chi connectivity index (χ1v) is 7.75. The number of nitrogens with two attached hydrogens (primary N) is 1. The highest BCUT2D eigenvalue weighted by Gasteiger charge is 2.27. The molecule has 0 radical (unpaired) electrons. The fourth-order valence-electron chi connectivity index (χ4n) is 3.27. The van der Waals surface area contributed by atoms with Crippen molar-refractivity contribution in [3.05, 3.63) is 65.2 Å². The Kier molecular flexibility index (Phi) is 3.73. The van der Waals surface area contributed by atoms with E-state index in [2.05, 4.69) is 61.2 Å². The van der Waals surface area contributed by atoms with Crippen LogP contribution in [0, 0.1) is 6.92 Å². The van der Waals surface area contributed by atoms with Gasteiger partial charge in [0.1, 0.15) is 0 Å². The van der Waals surface area contributed by atoms with Crippen molar-refractivity contribution in [1.29, 1.82) is 0 Å². The molecule has 1 aliphatic heterocycles. The Labute approximate surface area is 127 Å². The largest absolute Gasteiger partial charge is 0.369 e. The van der Waals surface area contributed by atoms with Crippen molar-refractivity contribution in [3.8, 4) is 0 Å². The van der Waals surface area contributed by atoms with E-state index in [0.29, 0.717) is 0 Å². The Morgan fingerprint density at radius 2 is 1.90 bits per heavy atom. The molecule has 0 spiro atoms. The first kappa shape index (κ1) is 14.2. The number of benzene rings is 2. The first-order valence-electron chi connectivity index (χ1n) is 7.75. The van der Waals surface area contributed by atoms with Crippen LogP contribution in [0.4, 0.5) is 5.69 Å². The third-order valence-electron chi connectivity index (χ3n) is 4.40. The highest BCUT2D eigenvalue weighted by molar-refractivity contribution is 5.57. The predicted octanol–water partition coefficient (Wildman–Crippen LogP) is 3.62. The molecular weight excluding hydrogens is 256 g/mol.